The number of ketones is 1. The van der Waals surface area contributed by atoms with Crippen LogP contribution in [0.5, 0.6) is 11.5 Å². The summed E-state index contributed by atoms with van der Waals surface area (Å²) < 4.78 is 86.3. The normalized spacial score (nSPS) is 14.0. The van der Waals surface area contributed by atoms with Crippen LogP contribution in [0.25, 0.3) is 0 Å². The van der Waals surface area contributed by atoms with Gasteiger partial charge in [0.15, 0.2) is 0 Å². The van der Waals surface area contributed by atoms with Crippen molar-refractivity contribution >= 4 is 5.78 Å². The fourth-order valence-electron chi connectivity index (χ4n) is 2.12. The van der Waals surface area contributed by atoms with E-state index in [0.717, 1.165) is 28.9 Å². The maximum atomic E-state index is 12.6. The van der Waals surface area contributed by atoms with E-state index in [4.69, 9.17) is 4.74 Å². The van der Waals surface area contributed by atoms with Crippen LogP contribution in [0.3, 0.4) is 0 Å². The number of nitrogens with zero attached hydrogens (tertiary/aromatic N) is 3. The molecule has 0 saturated carbocycles. The molecule has 0 aliphatic carbocycles. The summed E-state index contributed by atoms with van der Waals surface area (Å²) >= 11 is 0. The Morgan fingerprint density at radius 1 is 0.931 bits per heavy atom. The summed E-state index contributed by atoms with van der Waals surface area (Å²) in [4.78, 5) is 16.3. The van der Waals surface area contributed by atoms with Crippen LogP contribution in [0.2, 0.25) is 0 Å². The quantitative estimate of drug-likeness (QED) is 0.644. The van der Waals surface area contributed by atoms with Crippen LogP contribution >= 0.6 is 0 Å². The molecule has 1 atom stereocenters. The molecule has 29 heavy (non-hydrogen) atoms. The van der Waals surface area contributed by atoms with E-state index < -0.39 is 35.8 Å². The number of alkyl halides is 6. The number of hydrogen-bond donors (Lipinski definition) is 0. The van der Waals surface area contributed by atoms with Gasteiger partial charge < -0.3 is 9.47 Å². The lowest BCUT2D eigenvalue weighted by Gasteiger charge is -2.25. The Balaban J connectivity index is 2.21. The van der Waals surface area contributed by atoms with E-state index >= 15 is 0 Å². The Bertz CT molecular complexity index is 797. The fourth-order valence-corrected chi connectivity index (χ4v) is 2.12. The molecule has 0 radical (unpaired) electrons. The average Bonchev–Trinajstić information content (AvgIpc) is 3.09. The molecular weight excluding hydrogens is 408 g/mol. The standard InChI is InChI=1S/C17H17F6N3O3/c1-15(2,3)12(27)13(26-9-24-8-25-26)28-10-4-6-11(7-5-10)29-14(16(18,19)20)17(21,22)23/h4-9,13-14H,1-3H3. The van der Waals surface area contributed by atoms with E-state index in [2.05, 4.69) is 14.8 Å². The van der Waals surface area contributed by atoms with Gasteiger partial charge in [0.05, 0.1) is 0 Å². The summed E-state index contributed by atoms with van der Waals surface area (Å²) in [6, 6.07) is 3.91. The predicted octanol–water partition coefficient (Wildman–Crippen LogP) is 4.34. The van der Waals surface area contributed by atoms with Gasteiger partial charge in [-0.3, -0.25) is 4.79 Å². The Morgan fingerprint density at radius 2 is 1.41 bits per heavy atom. The second kappa shape index (κ2) is 7.91. The predicted molar refractivity (Wildman–Crippen MR) is 87.1 cm³/mol. The number of benzene rings is 1. The van der Waals surface area contributed by atoms with Crippen molar-refractivity contribution in [2.45, 2.75) is 45.5 Å². The molecule has 1 aromatic heterocycles. The number of carbonyl (C=O) groups is 1. The number of Topliss-reactive ketones (excluding diaryl/α,β-unsaturated/α-hetero) is 1. The number of ether oxygens (including phenoxy) is 2. The zero-order chi connectivity index (χ0) is 22.0. The Morgan fingerprint density at radius 3 is 1.79 bits per heavy atom. The molecule has 0 N–H and O–H groups in total. The molecule has 0 spiro atoms. The van der Waals surface area contributed by atoms with Crippen molar-refractivity contribution < 1.29 is 40.6 Å². The topological polar surface area (TPSA) is 66.2 Å². The van der Waals surface area contributed by atoms with E-state index in [1.807, 2.05) is 0 Å². The van der Waals surface area contributed by atoms with Gasteiger partial charge in [0.2, 0.25) is 5.78 Å². The zero-order valence-corrected chi connectivity index (χ0v) is 15.5. The van der Waals surface area contributed by atoms with Crippen LogP contribution in [0, 0.1) is 5.41 Å². The van der Waals surface area contributed by atoms with Gasteiger partial charge in [0.1, 0.15) is 24.2 Å². The first kappa shape index (κ1) is 22.5. The Labute approximate surface area is 161 Å². The van der Waals surface area contributed by atoms with Gasteiger partial charge in [-0.2, -0.15) is 31.4 Å². The molecule has 1 unspecified atom stereocenters. The fraction of sp³-hybridized carbons (Fsp3) is 0.471. The summed E-state index contributed by atoms with van der Waals surface area (Å²) in [5, 5.41) is 3.84. The molecule has 0 bridgehead atoms. The van der Waals surface area contributed by atoms with Gasteiger partial charge in [0.25, 0.3) is 12.3 Å². The molecular formula is C17H17F6N3O3. The van der Waals surface area contributed by atoms with E-state index in [1.54, 1.807) is 20.8 Å². The minimum absolute atomic E-state index is 0.00557. The monoisotopic (exact) mass is 425 g/mol. The smallest absolute Gasteiger partial charge is 0.434 e. The van der Waals surface area contributed by atoms with Crippen molar-refractivity contribution in [3.05, 3.63) is 36.9 Å². The number of halogens is 6. The maximum absolute atomic E-state index is 12.6. The lowest BCUT2D eigenvalue weighted by Crippen LogP contribution is -2.46. The zero-order valence-electron chi connectivity index (χ0n) is 15.5. The minimum Gasteiger partial charge on any atom is -0.471 e. The molecule has 0 aliphatic rings. The minimum atomic E-state index is -5.63. The highest BCUT2D eigenvalue weighted by molar-refractivity contribution is 5.86. The molecule has 0 aliphatic heterocycles. The highest BCUT2D eigenvalue weighted by Gasteiger charge is 2.59. The molecule has 12 heteroatoms. The average molecular weight is 425 g/mol. The molecule has 2 aromatic rings. The van der Waals surface area contributed by atoms with Gasteiger partial charge in [-0.1, -0.05) is 20.8 Å². The van der Waals surface area contributed by atoms with Gasteiger partial charge in [-0.25, -0.2) is 9.67 Å². The van der Waals surface area contributed by atoms with E-state index in [0.29, 0.717) is 0 Å². The summed E-state index contributed by atoms with van der Waals surface area (Å²) in [5.41, 5.74) is -0.827. The number of aromatic nitrogens is 3. The van der Waals surface area contributed by atoms with Gasteiger partial charge >= 0.3 is 12.4 Å². The van der Waals surface area contributed by atoms with Crippen molar-refractivity contribution in [2.24, 2.45) is 5.41 Å². The third-order valence-electron chi connectivity index (χ3n) is 3.56. The molecule has 1 aromatic carbocycles. The van der Waals surface area contributed by atoms with Crippen LogP contribution in [-0.4, -0.2) is 39.0 Å². The molecule has 160 valence electrons. The second-order valence-electron chi connectivity index (χ2n) is 7.01. The first-order chi connectivity index (χ1) is 13.2. The Kier molecular flexibility index (Phi) is 6.14. The maximum Gasteiger partial charge on any atom is 0.434 e. The number of carbonyl (C=O) groups excluding carboxylic acids is 1. The molecule has 6 nitrogen and oxygen atoms in total. The summed E-state index contributed by atoms with van der Waals surface area (Å²) in [7, 11) is 0. The second-order valence-corrected chi connectivity index (χ2v) is 7.01. The largest absolute Gasteiger partial charge is 0.471 e. The van der Waals surface area contributed by atoms with E-state index in [9.17, 15) is 31.1 Å². The summed E-state index contributed by atoms with van der Waals surface area (Å²) in [5.74, 6) is -1.04. The van der Waals surface area contributed by atoms with Crippen molar-refractivity contribution in [1.29, 1.82) is 0 Å². The highest BCUT2D eigenvalue weighted by atomic mass is 19.4. The van der Waals surface area contributed by atoms with Gasteiger partial charge in [0, 0.05) is 5.41 Å². The molecule has 2 rings (SSSR count). The third kappa shape index (κ3) is 5.84. The van der Waals surface area contributed by atoms with Crippen molar-refractivity contribution in [1.82, 2.24) is 14.8 Å². The van der Waals surface area contributed by atoms with Crippen molar-refractivity contribution in [3.63, 3.8) is 0 Å². The van der Waals surface area contributed by atoms with E-state index in [-0.39, 0.29) is 11.5 Å². The van der Waals surface area contributed by atoms with Crippen LogP contribution in [0.4, 0.5) is 26.3 Å². The first-order valence-corrected chi connectivity index (χ1v) is 8.15. The molecule has 0 saturated heterocycles. The van der Waals surface area contributed by atoms with Crippen molar-refractivity contribution in [2.75, 3.05) is 0 Å². The highest BCUT2D eigenvalue weighted by Crippen LogP contribution is 2.37. The van der Waals surface area contributed by atoms with Gasteiger partial charge in [-0.05, 0) is 24.3 Å². The number of rotatable bonds is 6. The molecule has 1 heterocycles. The van der Waals surface area contributed by atoms with Crippen LogP contribution in [-0.2, 0) is 4.79 Å². The van der Waals surface area contributed by atoms with Crippen LogP contribution in [0.15, 0.2) is 36.9 Å². The summed E-state index contributed by atoms with van der Waals surface area (Å²) in [6.07, 6.45) is -14.1. The van der Waals surface area contributed by atoms with Crippen molar-refractivity contribution in [3.8, 4) is 11.5 Å². The lowest BCUT2D eigenvalue weighted by molar-refractivity contribution is -0.299. The van der Waals surface area contributed by atoms with E-state index in [1.165, 1.54) is 12.7 Å². The Hall–Kier alpha value is -2.79. The number of hydrogen-bond acceptors (Lipinski definition) is 5. The first-order valence-electron chi connectivity index (χ1n) is 8.15. The third-order valence-corrected chi connectivity index (χ3v) is 3.56. The molecule has 0 fully saturated rings. The van der Waals surface area contributed by atoms with Crippen LogP contribution in [0.1, 0.15) is 27.0 Å². The SMILES string of the molecule is CC(C)(C)C(=O)C(Oc1ccc(OC(C(F)(F)F)C(F)(F)F)cc1)n1cncn1. The van der Waals surface area contributed by atoms with Gasteiger partial charge in [-0.15, -0.1) is 0 Å². The summed E-state index contributed by atoms with van der Waals surface area (Å²) in [6.45, 7) is 4.94. The lowest BCUT2D eigenvalue weighted by atomic mass is 9.90. The van der Waals surface area contributed by atoms with Crippen LogP contribution < -0.4 is 9.47 Å². The molecule has 0 amide bonds.